The van der Waals surface area contributed by atoms with E-state index in [1.165, 1.54) is 14.2 Å². The highest BCUT2D eigenvalue weighted by atomic mass is 16.5. The number of hydrogen-bond donors (Lipinski definition) is 0. The van der Waals surface area contributed by atoms with Gasteiger partial charge in [-0.25, -0.2) is 19.6 Å². The number of methoxy groups -OCH3 is 2. The van der Waals surface area contributed by atoms with Gasteiger partial charge in [-0.3, -0.25) is 0 Å². The van der Waals surface area contributed by atoms with Gasteiger partial charge in [0.25, 0.3) is 0 Å². The first-order chi connectivity index (χ1) is 14.6. The van der Waals surface area contributed by atoms with Crippen LogP contribution in [0.2, 0.25) is 0 Å². The van der Waals surface area contributed by atoms with Crippen molar-refractivity contribution in [1.82, 2.24) is 9.97 Å². The molecule has 2 aromatic rings. The van der Waals surface area contributed by atoms with Gasteiger partial charge in [0.2, 0.25) is 0 Å². The zero-order chi connectivity index (χ0) is 21.6. The van der Waals surface area contributed by atoms with Gasteiger partial charge in [0.1, 0.15) is 11.4 Å². The van der Waals surface area contributed by atoms with Crippen molar-refractivity contribution in [2.24, 2.45) is 0 Å². The maximum atomic E-state index is 11.3. The Labute approximate surface area is 177 Å². The van der Waals surface area contributed by atoms with Gasteiger partial charge in [-0.15, -0.1) is 0 Å². The molecule has 0 aliphatic carbocycles. The lowest BCUT2D eigenvalue weighted by atomic mass is 10.1. The van der Waals surface area contributed by atoms with Gasteiger partial charge in [-0.05, 0) is 37.1 Å². The molecule has 0 unspecified atom stereocenters. The fraction of sp³-hybridized carbons (Fsp3) is 0.333. The molecular weight excluding hydrogens is 380 g/mol. The summed E-state index contributed by atoms with van der Waals surface area (Å²) in [5, 5.41) is 0. The Morgan fingerprint density at radius 2 is 1.17 bits per heavy atom. The van der Waals surface area contributed by atoms with E-state index in [2.05, 4.69) is 43.1 Å². The van der Waals surface area contributed by atoms with Crippen LogP contribution in [0.25, 0.3) is 0 Å². The van der Waals surface area contributed by atoms with Crippen LogP contribution in [-0.2, 0) is 9.47 Å². The molecule has 0 aliphatic rings. The molecule has 0 saturated carbocycles. The molecule has 0 aromatic carbocycles. The van der Waals surface area contributed by atoms with E-state index in [0.29, 0.717) is 0 Å². The first kappa shape index (κ1) is 22.6. The maximum absolute atomic E-state index is 11.3. The molecule has 30 heavy (non-hydrogen) atoms. The van der Waals surface area contributed by atoms with Crippen LogP contribution in [0, 0.1) is 23.7 Å². The fourth-order valence-corrected chi connectivity index (χ4v) is 2.50. The average Bonchev–Trinajstić information content (AvgIpc) is 2.80. The minimum atomic E-state index is -0.452. The zero-order valence-electron chi connectivity index (χ0n) is 17.2. The van der Waals surface area contributed by atoms with Crippen LogP contribution in [0.3, 0.4) is 0 Å². The van der Waals surface area contributed by atoms with Gasteiger partial charge in [-0.1, -0.05) is 36.5 Å². The van der Waals surface area contributed by atoms with Crippen LogP contribution in [0.5, 0.6) is 0 Å². The van der Waals surface area contributed by atoms with Crippen molar-refractivity contribution in [3.05, 3.63) is 59.2 Å². The van der Waals surface area contributed by atoms with Crippen molar-refractivity contribution in [2.75, 3.05) is 14.2 Å². The lowest BCUT2D eigenvalue weighted by molar-refractivity contribution is 0.0585. The Kier molecular flexibility index (Phi) is 9.62. The largest absolute Gasteiger partial charge is 0.464 e. The number of nitrogens with zero attached hydrogens (tertiary/aromatic N) is 2. The summed E-state index contributed by atoms with van der Waals surface area (Å²) in [6.07, 6.45) is 9.08. The predicted molar refractivity (Wildman–Crippen MR) is 113 cm³/mol. The number of hydrogen-bond acceptors (Lipinski definition) is 6. The molecule has 0 atom stereocenters. The number of carbonyl (C=O) groups excluding carboxylic acids is 2. The second-order valence-corrected chi connectivity index (χ2v) is 6.37. The highest BCUT2D eigenvalue weighted by Gasteiger charge is 2.05. The molecule has 154 valence electrons. The minimum Gasteiger partial charge on any atom is -0.464 e. The Morgan fingerprint density at radius 1 is 0.733 bits per heavy atom. The van der Waals surface area contributed by atoms with Gasteiger partial charge >= 0.3 is 11.9 Å². The summed E-state index contributed by atoms with van der Waals surface area (Å²) in [4.78, 5) is 30.7. The molecule has 6 heteroatoms. The van der Waals surface area contributed by atoms with Crippen molar-refractivity contribution in [3.8, 4) is 23.7 Å². The van der Waals surface area contributed by atoms with Gasteiger partial charge in [0.15, 0.2) is 0 Å². The molecule has 0 saturated heterocycles. The van der Waals surface area contributed by atoms with E-state index in [-0.39, 0.29) is 11.4 Å². The molecule has 2 aromatic heterocycles. The third-order valence-corrected chi connectivity index (χ3v) is 4.14. The second kappa shape index (κ2) is 12.7. The van der Waals surface area contributed by atoms with Crippen molar-refractivity contribution in [2.45, 2.75) is 38.5 Å². The average molecular weight is 404 g/mol. The van der Waals surface area contributed by atoms with Crippen LogP contribution in [0.15, 0.2) is 36.7 Å². The third kappa shape index (κ3) is 7.77. The molecule has 6 nitrogen and oxygen atoms in total. The van der Waals surface area contributed by atoms with Crippen LogP contribution in [-0.4, -0.2) is 36.1 Å². The van der Waals surface area contributed by atoms with E-state index in [4.69, 9.17) is 0 Å². The summed E-state index contributed by atoms with van der Waals surface area (Å²) in [5.41, 5.74) is 2.13. The molecule has 0 aliphatic heterocycles. The van der Waals surface area contributed by atoms with Crippen LogP contribution >= 0.6 is 0 Å². The summed E-state index contributed by atoms with van der Waals surface area (Å²) in [6.45, 7) is 0. The van der Waals surface area contributed by atoms with Crippen molar-refractivity contribution in [1.29, 1.82) is 0 Å². The van der Waals surface area contributed by atoms with E-state index in [0.717, 1.165) is 49.7 Å². The Bertz CT molecular complexity index is 877. The number of rotatable bonds is 7. The molecule has 0 radical (unpaired) electrons. The summed E-state index contributed by atoms with van der Waals surface area (Å²) in [5.74, 6) is 11.5. The minimum absolute atomic E-state index is 0.278. The third-order valence-electron chi connectivity index (χ3n) is 4.14. The van der Waals surface area contributed by atoms with Gasteiger partial charge < -0.3 is 9.47 Å². The standard InChI is InChI=1S/C24H24N2O4/c1-29-23(27)21-15-13-19(17-25-21)11-9-7-5-3-4-6-8-10-12-20-14-16-22(26-18-20)24(28)30-2/h13-18H,3-8H2,1-2H3. The van der Waals surface area contributed by atoms with Crippen molar-refractivity contribution >= 4 is 11.9 Å². The summed E-state index contributed by atoms with van der Waals surface area (Å²) in [7, 11) is 2.66. The van der Waals surface area contributed by atoms with E-state index in [1.54, 1.807) is 36.7 Å². The molecule has 0 N–H and O–H groups in total. The Balaban J connectivity index is 1.60. The number of esters is 2. The molecular formula is C24H24N2O4. The Morgan fingerprint density at radius 3 is 1.50 bits per heavy atom. The van der Waals surface area contributed by atoms with Gasteiger partial charge in [0.05, 0.1) is 14.2 Å². The maximum Gasteiger partial charge on any atom is 0.356 e. The van der Waals surface area contributed by atoms with Crippen LogP contribution in [0.4, 0.5) is 0 Å². The number of pyridine rings is 2. The SMILES string of the molecule is COC(=O)c1ccc(C#CCCCCCCC#Cc2ccc(C(=O)OC)nc2)cn1. The first-order valence-electron chi connectivity index (χ1n) is 9.70. The monoisotopic (exact) mass is 404 g/mol. The van der Waals surface area contributed by atoms with Gasteiger partial charge in [0, 0.05) is 36.4 Å². The highest BCUT2D eigenvalue weighted by Crippen LogP contribution is 2.06. The van der Waals surface area contributed by atoms with E-state index in [9.17, 15) is 9.59 Å². The predicted octanol–water partition coefficient (Wildman–Crippen LogP) is 3.79. The zero-order valence-corrected chi connectivity index (χ0v) is 17.2. The van der Waals surface area contributed by atoms with E-state index < -0.39 is 11.9 Å². The number of unbranched alkanes of at least 4 members (excludes halogenated alkanes) is 5. The Hall–Kier alpha value is -3.64. The van der Waals surface area contributed by atoms with Crippen LogP contribution in [0.1, 0.15) is 70.6 Å². The van der Waals surface area contributed by atoms with E-state index in [1.807, 2.05) is 0 Å². The van der Waals surface area contributed by atoms with Crippen molar-refractivity contribution < 1.29 is 19.1 Å². The van der Waals surface area contributed by atoms with Crippen molar-refractivity contribution in [3.63, 3.8) is 0 Å². The number of aromatic nitrogens is 2. The lowest BCUT2D eigenvalue weighted by Gasteiger charge is -1.97. The molecule has 0 bridgehead atoms. The smallest absolute Gasteiger partial charge is 0.356 e. The van der Waals surface area contributed by atoms with E-state index >= 15 is 0 Å². The molecule has 0 fully saturated rings. The fourth-order valence-electron chi connectivity index (χ4n) is 2.50. The quantitative estimate of drug-likeness (QED) is 0.397. The number of carbonyl (C=O) groups is 2. The lowest BCUT2D eigenvalue weighted by Crippen LogP contribution is -2.03. The number of ether oxygens (including phenoxy) is 2. The second-order valence-electron chi connectivity index (χ2n) is 6.37. The highest BCUT2D eigenvalue weighted by molar-refractivity contribution is 5.87. The normalized spacial score (nSPS) is 9.53. The molecule has 2 heterocycles. The van der Waals surface area contributed by atoms with Gasteiger partial charge in [-0.2, -0.15) is 0 Å². The summed E-state index contributed by atoms with van der Waals surface area (Å²) >= 11 is 0. The molecule has 2 rings (SSSR count). The topological polar surface area (TPSA) is 78.4 Å². The van der Waals surface area contributed by atoms with Crippen LogP contribution < -0.4 is 0 Å². The molecule has 0 spiro atoms. The summed E-state index contributed by atoms with van der Waals surface area (Å²) in [6, 6.07) is 6.76. The first-order valence-corrected chi connectivity index (χ1v) is 9.70. The summed E-state index contributed by atoms with van der Waals surface area (Å²) < 4.78 is 9.22. The molecule has 0 amide bonds.